The Bertz CT molecular complexity index is 613. The number of hydrogen-bond acceptors (Lipinski definition) is 6. The average Bonchev–Trinajstić information content (AvgIpc) is 2.97. The summed E-state index contributed by atoms with van der Waals surface area (Å²) in [5.41, 5.74) is -0.846. The van der Waals surface area contributed by atoms with Crippen LogP contribution >= 0.6 is 0 Å². The first-order chi connectivity index (χ1) is 13.5. The first kappa shape index (κ1) is 26.0. The van der Waals surface area contributed by atoms with Crippen LogP contribution in [0.1, 0.15) is 48.0 Å². The second kappa shape index (κ2) is 8.96. The normalized spacial score (nSPS) is 29.0. The van der Waals surface area contributed by atoms with E-state index in [-0.39, 0.29) is 29.0 Å². The maximum absolute atomic E-state index is 10.6. The number of nitrogens with one attached hydrogen (secondary N) is 1. The zero-order valence-electron chi connectivity index (χ0n) is 21.0. The highest BCUT2D eigenvalue weighted by Crippen LogP contribution is 2.44. The molecular weight excluding hydrogens is 412 g/mol. The quantitative estimate of drug-likeness (QED) is 0.556. The van der Waals surface area contributed by atoms with E-state index in [1.165, 1.54) is 0 Å². The molecule has 0 spiro atoms. The molecular formula is C22H46N2O4Si2. The van der Waals surface area contributed by atoms with E-state index in [2.05, 4.69) is 90.2 Å². The highest BCUT2D eigenvalue weighted by molar-refractivity contribution is 6.74. The third kappa shape index (κ3) is 5.57. The van der Waals surface area contributed by atoms with Crippen LogP contribution in [0.5, 0.6) is 0 Å². The molecule has 0 radical (unpaired) electrons. The van der Waals surface area contributed by atoms with Gasteiger partial charge in [0.25, 0.3) is 0 Å². The SMILES string of the molecule is CC(C)(C)[Si](C)(C)OC[C@@]1(CO)O[C@@H](N2C=CCNC2)C[C@@H]1O[Si](C)(C)C(C)(C)C. The minimum absolute atomic E-state index is 0.0825. The molecule has 3 atom stereocenters. The van der Waals surface area contributed by atoms with E-state index < -0.39 is 22.2 Å². The fourth-order valence-corrected chi connectivity index (χ4v) is 5.64. The van der Waals surface area contributed by atoms with Gasteiger partial charge in [0.05, 0.1) is 26.0 Å². The van der Waals surface area contributed by atoms with Gasteiger partial charge in [-0.05, 0) is 36.3 Å². The predicted octanol–water partition coefficient (Wildman–Crippen LogP) is 4.25. The summed E-state index contributed by atoms with van der Waals surface area (Å²) < 4.78 is 20.0. The first-order valence-electron chi connectivity index (χ1n) is 11.3. The summed E-state index contributed by atoms with van der Waals surface area (Å²) in [5, 5.41) is 14.1. The number of hydrogen-bond donors (Lipinski definition) is 2. The second-order valence-electron chi connectivity index (χ2n) is 12.0. The molecule has 0 aromatic rings. The topological polar surface area (TPSA) is 63.2 Å². The van der Waals surface area contributed by atoms with Gasteiger partial charge in [0, 0.05) is 19.2 Å². The summed E-state index contributed by atoms with van der Waals surface area (Å²) >= 11 is 0. The zero-order valence-corrected chi connectivity index (χ0v) is 23.0. The van der Waals surface area contributed by atoms with E-state index in [0.29, 0.717) is 6.61 Å². The van der Waals surface area contributed by atoms with E-state index in [0.717, 1.165) is 19.6 Å². The minimum Gasteiger partial charge on any atom is -0.414 e. The molecule has 0 bridgehead atoms. The van der Waals surface area contributed by atoms with Crippen molar-refractivity contribution in [1.82, 2.24) is 10.2 Å². The molecule has 176 valence electrons. The summed E-state index contributed by atoms with van der Waals surface area (Å²) in [4.78, 5) is 2.16. The molecule has 2 rings (SSSR count). The van der Waals surface area contributed by atoms with Gasteiger partial charge in [-0.25, -0.2) is 0 Å². The minimum atomic E-state index is -2.05. The van der Waals surface area contributed by atoms with Crippen LogP contribution in [0.25, 0.3) is 0 Å². The van der Waals surface area contributed by atoms with Gasteiger partial charge in [0.2, 0.25) is 0 Å². The fraction of sp³-hybridized carbons (Fsp3) is 0.909. The van der Waals surface area contributed by atoms with Crippen LogP contribution in [0.3, 0.4) is 0 Å². The number of ether oxygens (including phenoxy) is 1. The third-order valence-electron chi connectivity index (χ3n) is 7.59. The van der Waals surface area contributed by atoms with Crippen molar-refractivity contribution in [3.05, 3.63) is 12.3 Å². The lowest BCUT2D eigenvalue weighted by atomic mass is 9.99. The van der Waals surface area contributed by atoms with Crippen LogP contribution in [0.4, 0.5) is 0 Å². The summed E-state index contributed by atoms with van der Waals surface area (Å²) in [6.45, 7) is 24.3. The molecule has 0 aromatic carbocycles. The van der Waals surface area contributed by atoms with Gasteiger partial charge < -0.3 is 23.6 Å². The van der Waals surface area contributed by atoms with Gasteiger partial charge in [0.15, 0.2) is 16.6 Å². The lowest BCUT2D eigenvalue weighted by Gasteiger charge is -2.44. The summed E-state index contributed by atoms with van der Waals surface area (Å²) in [5.74, 6) is 0. The van der Waals surface area contributed by atoms with Crippen LogP contribution in [-0.2, 0) is 13.6 Å². The highest BCUT2D eigenvalue weighted by Gasteiger charge is 2.55. The van der Waals surface area contributed by atoms with Gasteiger partial charge in [0.1, 0.15) is 11.8 Å². The first-order valence-corrected chi connectivity index (χ1v) is 17.1. The standard InChI is InChI=1S/C22H46N2O4Si2/c1-20(2,3)29(7,8)26-16-22(15-25)18(28-30(9,10)21(4,5)6)14-19(27-22)24-13-11-12-23-17-24/h11,13,18-19,23,25H,12,14-17H2,1-10H3/t18-,19+,22+/m0/s1. The average molecular weight is 459 g/mol. The third-order valence-corrected chi connectivity index (χ3v) is 16.6. The van der Waals surface area contributed by atoms with Gasteiger partial charge >= 0.3 is 0 Å². The van der Waals surface area contributed by atoms with Gasteiger partial charge in [-0.15, -0.1) is 0 Å². The van der Waals surface area contributed by atoms with E-state index in [4.69, 9.17) is 13.6 Å². The van der Waals surface area contributed by atoms with E-state index in [9.17, 15) is 5.11 Å². The van der Waals surface area contributed by atoms with Crippen LogP contribution in [0.2, 0.25) is 36.3 Å². The Morgan fingerprint density at radius 2 is 1.70 bits per heavy atom. The molecule has 0 aromatic heterocycles. The number of rotatable bonds is 7. The second-order valence-corrected chi connectivity index (χ2v) is 21.5. The molecule has 2 heterocycles. The van der Waals surface area contributed by atoms with Gasteiger partial charge in [-0.1, -0.05) is 47.6 Å². The monoisotopic (exact) mass is 458 g/mol. The van der Waals surface area contributed by atoms with Gasteiger partial charge in [-0.2, -0.15) is 0 Å². The molecule has 0 amide bonds. The van der Waals surface area contributed by atoms with E-state index >= 15 is 0 Å². The van der Waals surface area contributed by atoms with Crippen LogP contribution in [-0.4, -0.2) is 71.0 Å². The smallest absolute Gasteiger partial charge is 0.192 e. The number of aliphatic hydroxyl groups excluding tert-OH is 1. The maximum Gasteiger partial charge on any atom is 0.192 e. The molecule has 6 nitrogen and oxygen atoms in total. The van der Waals surface area contributed by atoms with Crippen LogP contribution < -0.4 is 5.32 Å². The number of nitrogens with zero attached hydrogens (tertiary/aromatic N) is 1. The Kier molecular flexibility index (Phi) is 7.77. The summed E-state index contributed by atoms with van der Waals surface area (Å²) in [6, 6.07) is 0. The molecule has 2 aliphatic heterocycles. The maximum atomic E-state index is 10.6. The molecule has 2 N–H and O–H groups in total. The predicted molar refractivity (Wildman–Crippen MR) is 128 cm³/mol. The Balaban J connectivity index is 2.30. The van der Waals surface area contributed by atoms with Crippen molar-refractivity contribution in [2.24, 2.45) is 0 Å². The van der Waals surface area contributed by atoms with Crippen LogP contribution in [0, 0.1) is 0 Å². The lowest BCUT2D eigenvalue weighted by Crippen LogP contribution is -2.56. The molecule has 0 unspecified atom stereocenters. The largest absolute Gasteiger partial charge is 0.414 e. The zero-order chi connectivity index (χ0) is 23.0. The highest BCUT2D eigenvalue weighted by atomic mass is 28.4. The molecule has 30 heavy (non-hydrogen) atoms. The van der Waals surface area contributed by atoms with Crippen molar-refractivity contribution in [1.29, 1.82) is 0 Å². The molecule has 0 saturated carbocycles. The molecule has 1 fully saturated rings. The van der Waals surface area contributed by atoms with Crippen molar-refractivity contribution < 1.29 is 18.7 Å². The van der Waals surface area contributed by atoms with E-state index in [1.54, 1.807) is 0 Å². The van der Waals surface area contributed by atoms with Crippen molar-refractivity contribution >= 4 is 16.6 Å². The molecule has 1 saturated heterocycles. The Morgan fingerprint density at radius 1 is 1.10 bits per heavy atom. The van der Waals surface area contributed by atoms with Crippen molar-refractivity contribution in [3.63, 3.8) is 0 Å². The number of aliphatic hydroxyl groups is 1. The van der Waals surface area contributed by atoms with Crippen molar-refractivity contribution in [2.75, 3.05) is 26.4 Å². The fourth-order valence-electron chi connectivity index (χ4n) is 3.23. The Morgan fingerprint density at radius 3 is 2.17 bits per heavy atom. The molecule has 2 aliphatic rings. The van der Waals surface area contributed by atoms with Gasteiger partial charge in [-0.3, -0.25) is 5.32 Å². The summed E-state index contributed by atoms with van der Waals surface area (Å²) in [7, 11) is -4.05. The van der Waals surface area contributed by atoms with Crippen molar-refractivity contribution in [2.45, 2.75) is 102 Å². The molecule has 8 heteroatoms. The Hall–Kier alpha value is -0.226. The van der Waals surface area contributed by atoms with Crippen molar-refractivity contribution in [3.8, 4) is 0 Å². The Labute approximate surface area is 186 Å². The molecule has 0 aliphatic carbocycles. The van der Waals surface area contributed by atoms with Crippen LogP contribution in [0.15, 0.2) is 12.3 Å². The van der Waals surface area contributed by atoms with E-state index in [1.807, 2.05) is 0 Å². The lowest BCUT2D eigenvalue weighted by molar-refractivity contribution is -0.154. The summed E-state index contributed by atoms with van der Waals surface area (Å²) in [6.07, 6.45) is 4.57.